The predicted octanol–water partition coefficient (Wildman–Crippen LogP) is 2.86. The number of hydrogen-bond acceptors (Lipinski definition) is 4. The molecule has 0 aliphatic rings. The molecule has 1 atom stereocenters. The van der Waals surface area contributed by atoms with E-state index in [1.165, 1.54) is 13.2 Å². The molecule has 0 aromatic heterocycles. The Morgan fingerprint density at radius 3 is 2.48 bits per heavy atom. The average molecular weight is 357 g/mol. The molecule has 3 aromatic carbocycles. The SMILES string of the molecule is COc1ccccc1S(=O)(=O)NCC(O)c1cccc2ccccc12. The first-order valence-corrected chi connectivity index (χ1v) is 9.29. The van der Waals surface area contributed by atoms with E-state index in [2.05, 4.69) is 4.72 Å². The number of rotatable bonds is 6. The minimum atomic E-state index is -3.79. The Morgan fingerprint density at radius 2 is 1.68 bits per heavy atom. The summed E-state index contributed by atoms with van der Waals surface area (Å²) in [6, 6.07) is 19.6. The van der Waals surface area contributed by atoms with Crippen molar-refractivity contribution in [1.29, 1.82) is 0 Å². The van der Waals surface area contributed by atoms with Crippen LogP contribution in [0.15, 0.2) is 71.6 Å². The number of benzene rings is 3. The summed E-state index contributed by atoms with van der Waals surface area (Å²) in [5.41, 5.74) is 0.681. The molecule has 0 aliphatic heterocycles. The molecule has 3 rings (SSSR count). The summed E-state index contributed by atoms with van der Waals surface area (Å²) in [5, 5.41) is 12.4. The molecule has 1 unspecified atom stereocenters. The van der Waals surface area contributed by atoms with E-state index < -0.39 is 16.1 Å². The summed E-state index contributed by atoms with van der Waals surface area (Å²) < 4.78 is 32.6. The first-order valence-electron chi connectivity index (χ1n) is 7.81. The molecule has 3 aromatic rings. The number of aliphatic hydroxyl groups is 1. The van der Waals surface area contributed by atoms with Crippen LogP contribution >= 0.6 is 0 Å². The van der Waals surface area contributed by atoms with Crippen molar-refractivity contribution < 1.29 is 18.3 Å². The molecule has 25 heavy (non-hydrogen) atoms. The van der Waals surface area contributed by atoms with Gasteiger partial charge in [0.15, 0.2) is 0 Å². The molecule has 0 spiro atoms. The number of hydrogen-bond donors (Lipinski definition) is 2. The van der Waals surface area contributed by atoms with E-state index >= 15 is 0 Å². The fourth-order valence-electron chi connectivity index (χ4n) is 2.76. The summed E-state index contributed by atoms with van der Waals surface area (Å²) >= 11 is 0. The van der Waals surface area contributed by atoms with Crippen LogP contribution in [0.3, 0.4) is 0 Å². The van der Waals surface area contributed by atoms with Gasteiger partial charge in [0.05, 0.1) is 13.2 Å². The van der Waals surface area contributed by atoms with Crippen LogP contribution in [-0.2, 0) is 10.0 Å². The van der Waals surface area contributed by atoms with Crippen molar-refractivity contribution in [1.82, 2.24) is 4.72 Å². The Morgan fingerprint density at radius 1 is 1.00 bits per heavy atom. The lowest BCUT2D eigenvalue weighted by molar-refractivity contribution is 0.183. The Balaban J connectivity index is 1.83. The van der Waals surface area contributed by atoms with E-state index in [0.29, 0.717) is 5.56 Å². The highest BCUT2D eigenvalue weighted by Crippen LogP contribution is 2.26. The molecular weight excluding hydrogens is 338 g/mol. The highest BCUT2D eigenvalue weighted by atomic mass is 32.2. The smallest absolute Gasteiger partial charge is 0.244 e. The molecule has 0 bridgehead atoms. The van der Waals surface area contributed by atoms with Crippen LogP contribution in [0.4, 0.5) is 0 Å². The standard InChI is InChI=1S/C19H19NO4S/c1-24-18-11-4-5-12-19(18)25(22,23)20-13-17(21)16-10-6-8-14-7-2-3-9-15(14)16/h2-12,17,20-21H,13H2,1H3. The first-order chi connectivity index (χ1) is 12.0. The second-order valence-corrected chi connectivity index (χ2v) is 7.32. The minimum Gasteiger partial charge on any atom is -0.495 e. The lowest BCUT2D eigenvalue weighted by Gasteiger charge is -2.16. The summed E-state index contributed by atoms with van der Waals surface area (Å²) in [7, 11) is -2.38. The molecule has 0 aliphatic carbocycles. The second kappa shape index (κ2) is 7.23. The van der Waals surface area contributed by atoms with Crippen LogP contribution in [0.2, 0.25) is 0 Å². The van der Waals surface area contributed by atoms with Gasteiger partial charge in [-0.25, -0.2) is 13.1 Å². The second-order valence-electron chi connectivity index (χ2n) is 5.59. The molecule has 5 nitrogen and oxygen atoms in total. The highest BCUT2D eigenvalue weighted by molar-refractivity contribution is 7.89. The Hall–Kier alpha value is -2.41. The summed E-state index contributed by atoms with van der Waals surface area (Å²) in [4.78, 5) is 0.0441. The molecule has 0 amide bonds. The monoisotopic (exact) mass is 357 g/mol. The lowest BCUT2D eigenvalue weighted by Crippen LogP contribution is -2.29. The van der Waals surface area contributed by atoms with E-state index in [1.807, 2.05) is 36.4 Å². The molecule has 130 valence electrons. The Bertz CT molecular complexity index is 980. The van der Waals surface area contributed by atoms with Gasteiger partial charge in [-0.2, -0.15) is 0 Å². The Kier molecular flexibility index (Phi) is 5.03. The van der Waals surface area contributed by atoms with E-state index in [0.717, 1.165) is 10.8 Å². The van der Waals surface area contributed by atoms with Gasteiger partial charge >= 0.3 is 0 Å². The Labute approximate surface area is 146 Å². The largest absolute Gasteiger partial charge is 0.495 e. The molecular formula is C19H19NO4S. The quantitative estimate of drug-likeness (QED) is 0.711. The normalized spacial score (nSPS) is 12.9. The zero-order chi connectivity index (χ0) is 17.9. The van der Waals surface area contributed by atoms with Crippen LogP contribution in [0.25, 0.3) is 10.8 Å². The van der Waals surface area contributed by atoms with Crippen molar-refractivity contribution >= 4 is 20.8 Å². The maximum Gasteiger partial charge on any atom is 0.244 e. The van der Waals surface area contributed by atoms with Gasteiger partial charge in [0.1, 0.15) is 10.6 Å². The third-order valence-electron chi connectivity index (χ3n) is 4.01. The fraction of sp³-hybridized carbons (Fsp3) is 0.158. The van der Waals surface area contributed by atoms with Gasteiger partial charge in [0.2, 0.25) is 10.0 Å². The van der Waals surface area contributed by atoms with Gasteiger partial charge in [-0.1, -0.05) is 54.6 Å². The molecule has 0 fully saturated rings. The minimum absolute atomic E-state index is 0.0441. The van der Waals surface area contributed by atoms with Gasteiger partial charge in [-0.15, -0.1) is 0 Å². The number of nitrogens with one attached hydrogen (secondary N) is 1. The van der Waals surface area contributed by atoms with Crippen molar-refractivity contribution in [3.8, 4) is 5.75 Å². The number of para-hydroxylation sites is 1. The van der Waals surface area contributed by atoms with E-state index in [1.54, 1.807) is 24.3 Å². The van der Waals surface area contributed by atoms with Gasteiger partial charge < -0.3 is 9.84 Å². The van der Waals surface area contributed by atoms with E-state index in [-0.39, 0.29) is 17.2 Å². The van der Waals surface area contributed by atoms with Crippen molar-refractivity contribution in [2.45, 2.75) is 11.0 Å². The van der Waals surface area contributed by atoms with Gasteiger partial charge in [0.25, 0.3) is 0 Å². The number of fused-ring (bicyclic) bond motifs is 1. The summed E-state index contributed by atoms with van der Waals surface area (Å²) in [5.74, 6) is 0.259. The van der Waals surface area contributed by atoms with Crippen molar-refractivity contribution in [3.05, 3.63) is 72.3 Å². The molecule has 2 N–H and O–H groups in total. The molecule has 0 saturated heterocycles. The highest BCUT2D eigenvalue weighted by Gasteiger charge is 2.21. The van der Waals surface area contributed by atoms with Gasteiger partial charge in [-0.05, 0) is 28.5 Å². The third kappa shape index (κ3) is 3.66. The van der Waals surface area contributed by atoms with Gasteiger partial charge in [0, 0.05) is 6.54 Å². The number of sulfonamides is 1. The summed E-state index contributed by atoms with van der Waals surface area (Å²) in [6.07, 6.45) is -0.962. The van der Waals surface area contributed by atoms with Crippen LogP contribution in [0, 0.1) is 0 Å². The zero-order valence-electron chi connectivity index (χ0n) is 13.7. The maximum atomic E-state index is 12.5. The van der Waals surface area contributed by atoms with Crippen LogP contribution in [0.1, 0.15) is 11.7 Å². The topological polar surface area (TPSA) is 75.6 Å². The number of ether oxygens (including phenoxy) is 1. The first kappa shape index (κ1) is 17.4. The zero-order valence-corrected chi connectivity index (χ0v) is 14.5. The lowest BCUT2D eigenvalue weighted by atomic mass is 10.0. The van der Waals surface area contributed by atoms with Crippen molar-refractivity contribution in [2.75, 3.05) is 13.7 Å². The van der Waals surface area contributed by atoms with Crippen LogP contribution < -0.4 is 9.46 Å². The van der Waals surface area contributed by atoms with E-state index in [9.17, 15) is 13.5 Å². The van der Waals surface area contributed by atoms with Crippen LogP contribution in [-0.4, -0.2) is 27.2 Å². The van der Waals surface area contributed by atoms with Crippen LogP contribution in [0.5, 0.6) is 5.75 Å². The number of methoxy groups -OCH3 is 1. The fourth-order valence-corrected chi connectivity index (χ4v) is 3.96. The van der Waals surface area contributed by atoms with Gasteiger partial charge in [-0.3, -0.25) is 0 Å². The predicted molar refractivity (Wildman–Crippen MR) is 97.1 cm³/mol. The third-order valence-corrected chi connectivity index (χ3v) is 5.47. The molecule has 0 radical (unpaired) electrons. The maximum absolute atomic E-state index is 12.5. The average Bonchev–Trinajstić information content (AvgIpc) is 2.65. The van der Waals surface area contributed by atoms with E-state index in [4.69, 9.17) is 4.74 Å². The molecule has 0 saturated carbocycles. The van der Waals surface area contributed by atoms with Crippen molar-refractivity contribution in [3.63, 3.8) is 0 Å². The molecule has 0 heterocycles. The molecule has 6 heteroatoms. The summed E-state index contributed by atoms with van der Waals surface area (Å²) in [6.45, 7) is -0.131. The van der Waals surface area contributed by atoms with Crippen molar-refractivity contribution in [2.24, 2.45) is 0 Å². The number of aliphatic hydroxyl groups excluding tert-OH is 1.